The molecule has 1 aromatic heterocycles. The molecule has 4 aromatic rings. The highest BCUT2D eigenvalue weighted by molar-refractivity contribution is 6.33. The van der Waals surface area contributed by atoms with E-state index in [0.29, 0.717) is 10.9 Å². The van der Waals surface area contributed by atoms with Crippen LogP contribution < -0.4 is 16.8 Å². The lowest BCUT2D eigenvalue weighted by molar-refractivity contribution is -0.137. The number of aromatic nitrogens is 2. The second kappa shape index (κ2) is 12.9. The fourth-order valence-corrected chi connectivity index (χ4v) is 5.25. The van der Waals surface area contributed by atoms with Gasteiger partial charge < -0.3 is 21.7 Å². The summed E-state index contributed by atoms with van der Waals surface area (Å²) in [5, 5.41) is 7.23. The minimum atomic E-state index is -1.49. The first-order valence-corrected chi connectivity index (χ1v) is 13.3. The van der Waals surface area contributed by atoms with Crippen molar-refractivity contribution in [2.24, 2.45) is 11.5 Å². The van der Waals surface area contributed by atoms with Gasteiger partial charge in [0.15, 0.2) is 17.3 Å². The van der Waals surface area contributed by atoms with E-state index in [-0.39, 0.29) is 77.3 Å². The van der Waals surface area contributed by atoms with Gasteiger partial charge in [-0.3, -0.25) is 23.9 Å². The molecule has 1 aliphatic rings. The van der Waals surface area contributed by atoms with Crippen LogP contribution in [-0.4, -0.2) is 63.5 Å². The van der Waals surface area contributed by atoms with Crippen LogP contribution in [0.4, 0.5) is 14.5 Å². The summed E-state index contributed by atoms with van der Waals surface area (Å²) in [6.45, 7) is -0.974. The molecule has 10 nitrogen and oxygen atoms in total. The van der Waals surface area contributed by atoms with Crippen LogP contribution in [0, 0.1) is 5.82 Å². The Morgan fingerprint density at radius 2 is 1.79 bits per heavy atom. The molecule has 5 N–H and O–H groups in total. The van der Waals surface area contributed by atoms with Crippen LogP contribution in [0.15, 0.2) is 60.7 Å². The number of rotatable bonds is 8. The topological polar surface area (TPSA) is 153 Å². The lowest BCUT2D eigenvalue weighted by Gasteiger charge is -2.24. The van der Waals surface area contributed by atoms with E-state index in [1.54, 1.807) is 24.3 Å². The number of primary amides is 1. The van der Waals surface area contributed by atoms with E-state index in [0.717, 1.165) is 4.90 Å². The van der Waals surface area contributed by atoms with E-state index in [9.17, 15) is 23.6 Å². The third kappa shape index (κ3) is 6.21. The van der Waals surface area contributed by atoms with Crippen LogP contribution in [-0.2, 0) is 16.1 Å². The molecular weight excluding hydrogens is 605 g/mol. The number of Topliss-reactive ketones (excluding diaryl/α,β-unsaturated/α-hetero) is 1. The Balaban J connectivity index is 0.00000423. The molecule has 224 valence electrons. The van der Waals surface area contributed by atoms with Gasteiger partial charge >= 0.3 is 0 Å². The molecule has 3 amide bonds. The van der Waals surface area contributed by atoms with Gasteiger partial charge in [0, 0.05) is 33.5 Å². The average molecular weight is 631 g/mol. The summed E-state index contributed by atoms with van der Waals surface area (Å²) in [6.07, 6.45) is -1.78. The zero-order valence-electron chi connectivity index (χ0n) is 22.4. The summed E-state index contributed by atoms with van der Waals surface area (Å²) in [4.78, 5) is 51.5. The van der Waals surface area contributed by atoms with Crippen LogP contribution >= 0.6 is 24.0 Å². The molecule has 1 fully saturated rings. The quantitative estimate of drug-likeness (QED) is 0.252. The van der Waals surface area contributed by atoms with Gasteiger partial charge in [-0.05, 0) is 30.3 Å². The molecule has 0 spiro atoms. The number of hydrogen-bond acceptors (Lipinski definition) is 6. The number of amides is 3. The number of fused-ring (bicyclic) bond motifs is 1. The molecule has 5 rings (SSSR count). The monoisotopic (exact) mass is 630 g/mol. The number of carbonyl (C=O) groups is 4. The van der Waals surface area contributed by atoms with Crippen molar-refractivity contribution >= 4 is 64.1 Å². The van der Waals surface area contributed by atoms with E-state index in [1.807, 2.05) is 0 Å². The maximum atomic E-state index is 15.6. The Morgan fingerprint density at radius 3 is 2.51 bits per heavy atom. The van der Waals surface area contributed by atoms with E-state index >= 15 is 4.39 Å². The van der Waals surface area contributed by atoms with Crippen molar-refractivity contribution in [1.82, 2.24) is 14.7 Å². The maximum absolute atomic E-state index is 15.6. The molecule has 3 aromatic carbocycles. The number of benzene rings is 3. The van der Waals surface area contributed by atoms with Gasteiger partial charge in [-0.2, -0.15) is 5.10 Å². The van der Waals surface area contributed by atoms with Gasteiger partial charge in [-0.1, -0.05) is 41.9 Å². The molecule has 0 saturated carbocycles. The molecule has 0 radical (unpaired) electrons. The van der Waals surface area contributed by atoms with Crippen molar-refractivity contribution < 1.29 is 28.0 Å². The number of para-hydroxylation sites is 1. The van der Waals surface area contributed by atoms with Crippen LogP contribution in [0.1, 0.15) is 27.3 Å². The standard InChI is InChI=1S/C29H25ClF2N6O4.ClH/c30-20-9-8-15(24(39)12-33)10-19(20)17-5-3-6-21(26(17)32)35-29(42)23-11-16(31)13-37(23)25(40)14-38-22-7-2-1-4-18(22)27(36-38)28(34)41;/h1-10,16,23H,11-14,33H2,(H2,34,41)(H,35,42);1H/t16-,23+;/m1./s1. The Morgan fingerprint density at radius 1 is 1.05 bits per heavy atom. The second-order valence-corrected chi connectivity index (χ2v) is 10.2. The van der Waals surface area contributed by atoms with Crippen molar-refractivity contribution in [1.29, 1.82) is 0 Å². The van der Waals surface area contributed by atoms with E-state index in [2.05, 4.69) is 10.4 Å². The smallest absolute Gasteiger partial charge is 0.269 e. The fraction of sp³-hybridized carbons (Fsp3) is 0.207. The number of likely N-dealkylation sites (tertiary alicyclic amines) is 1. The molecule has 1 aliphatic heterocycles. The number of nitrogens with one attached hydrogen (secondary N) is 1. The summed E-state index contributed by atoms with van der Waals surface area (Å²) in [5.74, 6) is -3.39. The molecule has 14 heteroatoms. The molecule has 43 heavy (non-hydrogen) atoms. The lowest BCUT2D eigenvalue weighted by Crippen LogP contribution is -2.44. The number of nitrogens with two attached hydrogens (primary N) is 2. The highest BCUT2D eigenvalue weighted by atomic mass is 35.5. The fourth-order valence-electron chi connectivity index (χ4n) is 5.03. The summed E-state index contributed by atoms with van der Waals surface area (Å²) in [5.41, 5.74) is 11.6. The second-order valence-electron chi connectivity index (χ2n) is 9.76. The molecular formula is C29H26Cl2F2N6O4. The molecule has 2 atom stereocenters. The zero-order valence-corrected chi connectivity index (χ0v) is 24.0. The first kappa shape index (κ1) is 31.5. The van der Waals surface area contributed by atoms with E-state index in [4.69, 9.17) is 23.1 Å². The zero-order chi connectivity index (χ0) is 30.1. The predicted molar refractivity (Wildman–Crippen MR) is 159 cm³/mol. The van der Waals surface area contributed by atoms with Gasteiger partial charge in [-0.25, -0.2) is 8.78 Å². The number of alkyl halides is 1. The molecule has 0 unspecified atom stereocenters. The third-order valence-electron chi connectivity index (χ3n) is 7.07. The van der Waals surface area contributed by atoms with Crippen molar-refractivity contribution in [3.8, 4) is 11.1 Å². The largest absolute Gasteiger partial charge is 0.364 e. The Hall–Kier alpha value is -4.39. The summed E-state index contributed by atoms with van der Waals surface area (Å²) >= 11 is 6.29. The molecule has 2 heterocycles. The maximum Gasteiger partial charge on any atom is 0.269 e. The van der Waals surface area contributed by atoms with Crippen LogP contribution in [0.3, 0.4) is 0 Å². The van der Waals surface area contributed by atoms with Crippen LogP contribution in [0.25, 0.3) is 22.0 Å². The predicted octanol–water partition coefficient (Wildman–Crippen LogP) is 3.74. The van der Waals surface area contributed by atoms with Crippen molar-refractivity contribution in [3.63, 3.8) is 0 Å². The number of nitrogens with zero attached hydrogens (tertiary/aromatic N) is 3. The molecule has 0 aliphatic carbocycles. The summed E-state index contributed by atoms with van der Waals surface area (Å²) < 4.78 is 31.5. The number of anilines is 1. The summed E-state index contributed by atoms with van der Waals surface area (Å²) in [6, 6.07) is 14.0. The first-order chi connectivity index (χ1) is 20.1. The molecule has 1 saturated heterocycles. The first-order valence-electron chi connectivity index (χ1n) is 12.9. The van der Waals surface area contributed by atoms with Gasteiger partial charge in [-0.15, -0.1) is 12.4 Å². The van der Waals surface area contributed by atoms with Crippen LogP contribution in [0.5, 0.6) is 0 Å². The number of carbonyl (C=O) groups excluding carboxylic acids is 4. The van der Waals surface area contributed by atoms with Gasteiger partial charge in [0.1, 0.15) is 18.8 Å². The Kier molecular flexibility index (Phi) is 9.43. The van der Waals surface area contributed by atoms with Gasteiger partial charge in [0.25, 0.3) is 5.91 Å². The number of ketones is 1. The average Bonchev–Trinajstić information content (AvgIpc) is 3.55. The number of hydrogen-bond donors (Lipinski definition) is 3. The Bertz CT molecular complexity index is 1750. The van der Waals surface area contributed by atoms with Gasteiger partial charge in [0.05, 0.1) is 24.3 Å². The molecule has 0 bridgehead atoms. The van der Waals surface area contributed by atoms with Crippen molar-refractivity contribution in [2.75, 3.05) is 18.4 Å². The van der Waals surface area contributed by atoms with Gasteiger partial charge in [0.2, 0.25) is 11.8 Å². The minimum Gasteiger partial charge on any atom is -0.364 e. The lowest BCUT2D eigenvalue weighted by atomic mass is 10.00. The SMILES string of the molecule is Cl.NCC(=O)c1ccc(Cl)c(-c2cccc(NC(=O)[C@@H]3C[C@@H](F)CN3C(=O)Cn3nc(C(N)=O)c4ccccc43)c2F)c1. The van der Waals surface area contributed by atoms with Crippen molar-refractivity contribution in [3.05, 3.63) is 82.8 Å². The summed E-state index contributed by atoms with van der Waals surface area (Å²) in [7, 11) is 0. The third-order valence-corrected chi connectivity index (χ3v) is 7.40. The van der Waals surface area contributed by atoms with E-state index < -0.39 is 35.8 Å². The minimum absolute atomic E-state index is 0. The Labute approximate surface area is 255 Å². The highest BCUT2D eigenvalue weighted by Crippen LogP contribution is 2.34. The van der Waals surface area contributed by atoms with E-state index in [1.165, 1.54) is 41.1 Å². The number of halogens is 4. The normalized spacial score (nSPS) is 16.1. The highest BCUT2D eigenvalue weighted by Gasteiger charge is 2.40. The van der Waals surface area contributed by atoms with Crippen LogP contribution in [0.2, 0.25) is 5.02 Å². The van der Waals surface area contributed by atoms with Crippen molar-refractivity contribution in [2.45, 2.75) is 25.2 Å².